The van der Waals surface area contributed by atoms with Crippen LogP contribution >= 0.6 is 12.1 Å². The van der Waals surface area contributed by atoms with Crippen molar-refractivity contribution in [2.24, 2.45) is 0 Å². The summed E-state index contributed by atoms with van der Waals surface area (Å²) in [7, 11) is -3.87. The number of hydrogen-bond acceptors (Lipinski definition) is 7. The number of sulfonamides is 1. The molecule has 0 aliphatic carbocycles. The smallest absolute Gasteiger partial charge is 0.264 e. The number of nitrogens with one attached hydrogen (secondary N) is 3. The number of nitrogens with zero attached hydrogens (tertiary/aromatic N) is 2. The van der Waals surface area contributed by atoms with Gasteiger partial charge in [0.05, 0.1) is 29.5 Å². The van der Waals surface area contributed by atoms with Crippen LogP contribution in [0.2, 0.25) is 0 Å². The molecule has 0 spiro atoms. The van der Waals surface area contributed by atoms with E-state index < -0.39 is 10.0 Å². The molecule has 3 N–H and O–H groups in total. The molecule has 2 heterocycles. The second kappa shape index (κ2) is 9.21. The van der Waals surface area contributed by atoms with Crippen molar-refractivity contribution in [1.29, 1.82) is 5.26 Å². The van der Waals surface area contributed by atoms with Gasteiger partial charge in [-0.2, -0.15) is 5.26 Å². The number of carbonyl (C=O) groups excluding carboxylic acids is 1. The van der Waals surface area contributed by atoms with Crippen molar-refractivity contribution >= 4 is 44.5 Å². The maximum atomic E-state index is 13.1. The SMILES string of the molecule is N#Cc1ccc(CNC(=O)c2cccc3ccc(NS(=O)(=O)C4=CC=CN5SNC=C45)cc23)cc1. The van der Waals surface area contributed by atoms with Crippen molar-refractivity contribution in [3.05, 3.63) is 113 Å². The molecule has 5 rings (SSSR count). The second-order valence-electron chi connectivity index (χ2n) is 7.78. The van der Waals surface area contributed by atoms with Gasteiger partial charge in [0.15, 0.2) is 0 Å². The van der Waals surface area contributed by atoms with Crippen LogP contribution in [0.5, 0.6) is 0 Å². The molecule has 0 saturated carbocycles. The van der Waals surface area contributed by atoms with Crippen LogP contribution in [0.25, 0.3) is 10.8 Å². The van der Waals surface area contributed by atoms with Crippen molar-refractivity contribution in [3.63, 3.8) is 0 Å². The molecule has 10 heteroatoms. The molecule has 3 aromatic rings. The molecular weight excluding hydrogens is 482 g/mol. The van der Waals surface area contributed by atoms with Gasteiger partial charge in [0.25, 0.3) is 15.9 Å². The lowest BCUT2D eigenvalue weighted by atomic mass is 10.0. The van der Waals surface area contributed by atoms with Crippen LogP contribution in [-0.2, 0) is 16.6 Å². The molecular formula is C25H19N5O3S2. The summed E-state index contributed by atoms with van der Waals surface area (Å²) in [6, 6.07) is 19.5. The molecule has 35 heavy (non-hydrogen) atoms. The van der Waals surface area contributed by atoms with E-state index in [1.54, 1.807) is 83.5 Å². The fraction of sp³-hybridized carbons (Fsp3) is 0.0400. The quantitative estimate of drug-likeness (QED) is 0.436. The number of fused-ring (bicyclic) bond motifs is 2. The molecule has 0 radical (unpaired) electrons. The second-order valence-corrected chi connectivity index (χ2v) is 10.2. The van der Waals surface area contributed by atoms with Crippen LogP contribution in [0.1, 0.15) is 21.5 Å². The lowest BCUT2D eigenvalue weighted by Crippen LogP contribution is -2.23. The highest BCUT2D eigenvalue weighted by molar-refractivity contribution is 7.97. The van der Waals surface area contributed by atoms with E-state index in [-0.39, 0.29) is 10.8 Å². The first-order valence-corrected chi connectivity index (χ1v) is 12.8. The van der Waals surface area contributed by atoms with Gasteiger partial charge >= 0.3 is 0 Å². The Labute approximate surface area is 206 Å². The van der Waals surface area contributed by atoms with Gasteiger partial charge < -0.3 is 10.0 Å². The summed E-state index contributed by atoms with van der Waals surface area (Å²) in [5.74, 6) is -0.282. The Morgan fingerprint density at radius 3 is 2.74 bits per heavy atom. The molecule has 0 unspecified atom stereocenters. The summed E-state index contributed by atoms with van der Waals surface area (Å²) in [6.45, 7) is 0.298. The van der Waals surface area contributed by atoms with Crippen LogP contribution in [0.4, 0.5) is 5.69 Å². The first-order chi connectivity index (χ1) is 16.9. The fourth-order valence-electron chi connectivity index (χ4n) is 3.78. The van der Waals surface area contributed by atoms with E-state index in [9.17, 15) is 13.2 Å². The number of rotatable bonds is 6. The van der Waals surface area contributed by atoms with Gasteiger partial charge in [-0.3, -0.25) is 13.8 Å². The number of anilines is 1. The number of allylic oxidation sites excluding steroid dienone is 2. The largest absolute Gasteiger partial charge is 0.348 e. The van der Waals surface area contributed by atoms with Crippen molar-refractivity contribution in [1.82, 2.24) is 14.3 Å². The predicted octanol–water partition coefficient (Wildman–Crippen LogP) is 4.10. The summed E-state index contributed by atoms with van der Waals surface area (Å²) in [6.07, 6.45) is 6.62. The van der Waals surface area contributed by atoms with Gasteiger partial charge in [0.2, 0.25) is 0 Å². The Morgan fingerprint density at radius 2 is 1.94 bits per heavy atom. The highest BCUT2D eigenvalue weighted by Crippen LogP contribution is 2.34. The molecule has 3 aromatic carbocycles. The average molecular weight is 502 g/mol. The maximum Gasteiger partial charge on any atom is 0.264 e. The van der Waals surface area contributed by atoms with Gasteiger partial charge in [0, 0.05) is 30.2 Å². The van der Waals surface area contributed by atoms with Crippen LogP contribution in [0, 0.1) is 11.3 Å². The molecule has 2 aliphatic rings. The lowest BCUT2D eigenvalue weighted by molar-refractivity contribution is 0.0952. The Bertz CT molecular complexity index is 1570. The summed E-state index contributed by atoms with van der Waals surface area (Å²) in [5, 5.41) is 13.3. The number of carbonyl (C=O) groups is 1. The number of hydrogen-bond donors (Lipinski definition) is 3. The first kappa shape index (κ1) is 22.6. The molecule has 0 saturated heterocycles. The van der Waals surface area contributed by atoms with Crippen molar-refractivity contribution in [2.75, 3.05) is 4.72 Å². The Hall–Kier alpha value is -4.20. The van der Waals surface area contributed by atoms with Gasteiger partial charge in [-0.15, -0.1) is 0 Å². The highest BCUT2D eigenvalue weighted by atomic mass is 32.2. The standard InChI is InChI=1S/C25H19N5O3S2/c26-14-17-6-8-18(9-7-17)15-27-25(31)21-4-1-3-19-10-11-20(13-22(19)21)29-35(32,33)24-5-2-12-30-23(24)16-28-34-30/h1-13,16,28-29H,15H2,(H,27,31). The molecule has 0 atom stereocenters. The Kier molecular flexibility index (Phi) is 5.94. The zero-order valence-corrected chi connectivity index (χ0v) is 19.9. The number of amides is 1. The molecule has 0 aromatic heterocycles. The van der Waals surface area contributed by atoms with Crippen LogP contribution in [-0.4, -0.2) is 18.6 Å². The van der Waals surface area contributed by atoms with Crippen LogP contribution in [0.3, 0.4) is 0 Å². The monoisotopic (exact) mass is 501 g/mol. The van der Waals surface area contributed by atoms with E-state index in [4.69, 9.17) is 5.26 Å². The predicted molar refractivity (Wildman–Crippen MR) is 137 cm³/mol. The Morgan fingerprint density at radius 1 is 1.11 bits per heavy atom. The Balaban J connectivity index is 1.39. The minimum absolute atomic E-state index is 0.144. The zero-order chi connectivity index (χ0) is 24.4. The summed E-state index contributed by atoms with van der Waals surface area (Å²) < 4.78 is 33.6. The van der Waals surface area contributed by atoms with E-state index in [1.807, 2.05) is 6.07 Å². The maximum absolute atomic E-state index is 13.1. The molecule has 8 nitrogen and oxygen atoms in total. The summed E-state index contributed by atoms with van der Waals surface area (Å²) >= 11 is 1.28. The van der Waals surface area contributed by atoms with E-state index in [2.05, 4.69) is 20.8 Å². The molecule has 174 valence electrons. The molecule has 2 aliphatic heterocycles. The van der Waals surface area contributed by atoms with E-state index in [0.717, 1.165) is 10.9 Å². The highest BCUT2D eigenvalue weighted by Gasteiger charge is 2.29. The fourth-order valence-corrected chi connectivity index (χ4v) is 5.74. The lowest BCUT2D eigenvalue weighted by Gasteiger charge is -2.20. The molecule has 1 amide bonds. The van der Waals surface area contributed by atoms with Crippen molar-refractivity contribution in [3.8, 4) is 6.07 Å². The minimum Gasteiger partial charge on any atom is -0.348 e. The number of nitriles is 1. The van der Waals surface area contributed by atoms with Crippen molar-refractivity contribution in [2.45, 2.75) is 6.54 Å². The van der Waals surface area contributed by atoms with Gasteiger partial charge in [-0.05, 0) is 58.8 Å². The summed E-state index contributed by atoms with van der Waals surface area (Å²) in [4.78, 5) is 13.1. The van der Waals surface area contributed by atoms with E-state index >= 15 is 0 Å². The molecule has 0 fully saturated rings. The van der Waals surface area contributed by atoms with Crippen molar-refractivity contribution < 1.29 is 13.2 Å². The third-order valence-corrected chi connectivity index (χ3v) is 7.68. The average Bonchev–Trinajstić information content (AvgIpc) is 3.36. The molecule has 0 bridgehead atoms. The van der Waals surface area contributed by atoms with Crippen LogP contribution < -0.4 is 14.8 Å². The third-order valence-electron chi connectivity index (χ3n) is 5.51. The van der Waals surface area contributed by atoms with E-state index in [1.165, 1.54) is 12.1 Å². The third kappa shape index (κ3) is 4.59. The topological polar surface area (TPSA) is 114 Å². The van der Waals surface area contributed by atoms with E-state index in [0.29, 0.717) is 34.4 Å². The normalized spacial score (nSPS) is 14.4. The minimum atomic E-state index is -3.87. The first-order valence-electron chi connectivity index (χ1n) is 10.6. The summed E-state index contributed by atoms with van der Waals surface area (Å²) in [5.41, 5.74) is 2.74. The van der Waals surface area contributed by atoms with Gasteiger partial charge in [-0.1, -0.05) is 30.3 Å². The van der Waals surface area contributed by atoms with Crippen LogP contribution in [0.15, 0.2) is 95.8 Å². The van der Waals surface area contributed by atoms with Gasteiger partial charge in [0.1, 0.15) is 4.91 Å². The number of benzene rings is 3. The zero-order valence-electron chi connectivity index (χ0n) is 18.2. The van der Waals surface area contributed by atoms with Gasteiger partial charge in [-0.25, -0.2) is 8.42 Å².